The minimum Gasteiger partial charge on any atom is -0.393 e. The van der Waals surface area contributed by atoms with Gasteiger partial charge in [0.1, 0.15) is 0 Å². The van der Waals surface area contributed by atoms with E-state index in [-0.39, 0.29) is 12.0 Å². The van der Waals surface area contributed by atoms with Gasteiger partial charge in [0.05, 0.1) is 6.10 Å². The molecular weight excluding hydrogens is 278 g/mol. The Morgan fingerprint density at radius 1 is 1.18 bits per heavy atom. The van der Waals surface area contributed by atoms with Crippen molar-refractivity contribution in [3.63, 3.8) is 0 Å². The number of rotatable bonds is 2. The van der Waals surface area contributed by atoms with Gasteiger partial charge in [-0.15, -0.1) is 0 Å². The average Bonchev–Trinajstić information content (AvgIpc) is 2.55. The molecule has 1 aromatic carbocycles. The standard InChI is InChI=1S/C17H25N3O2/c1-13-12-20(11-8-18-13)17(22)14-2-4-15(5-3-14)19-9-6-16(21)7-10-19/h2-5,13,16,18,21H,6-12H2,1H3. The molecule has 1 amide bonds. The van der Waals surface area contributed by atoms with E-state index in [1.807, 2.05) is 29.2 Å². The quantitative estimate of drug-likeness (QED) is 0.858. The molecule has 2 aliphatic rings. The van der Waals surface area contributed by atoms with E-state index in [0.717, 1.165) is 56.8 Å². The zero-order valence-electron chi connectivity index (χ0n) is 13.2. The van der Waals surface area contributed by atoms with Crippen LogP contribution in [0.25, 0.3) is 0 Å². The second-order valence-corrected chi connectivity index (χ2v) is 6.37. The summed E-state index contributed by atoms with van der Waals surface area (Å²) in [5.41, 5.74) is 1.90. The number of piperazine rings is 1. The maximum Gasteiger partial charge on any atom is 0.253 e. The predicted molar refractivity (Wildman–Crippen MR) is 87.3 cm³/mol. The molecule has 22 heavy (non-hydrogen) atoms. The first-order chi connectivity index (χ1) is 10.6. The van der Waals surface area contributed by atoms with Gasteiger partial charge in [-0.05, 0) is 44.0 Å². The first-order valence-corrected chi connectivity index (χ1v) is 8.19. The van der Waals surface area contributed by atoms with Crippen molar-refractivity contribution in [3.8, 4) is 0 Å². The highest BCUT2D eigenvalue weighted by Crippen LogP contribution is 2.21. The molecule has 0 aromatic heterocycles. The Kier molecular flexibility index (Phi) is 4.64. The Bertz CT molecular complexity index is 509. The molecular formula is C17H25N3O2. The lowest BCUT2D eigenvalue weighted by Crippen LogP contribution is -2.51. The number of benzene rings is 1. The van der Waals surface area contributed by atoms with Gasteiger partial charge in [0.2, 0.25) is 0 Å². The van der Waals surface area contributed by atoms with Crippen molar-refractivity contribution in [1.29, 1.82) is 0 Å². The summed E-state index contributed by atoms with van der Waals surface area (Å²) in [6, 6.07) is 8.26. The normalized spacial score (nSPS) is 23.6. The van der Waals surface area contributed by atoms with Gasteiger partial charge < -0.3 is 20.2 Å². The monoisotopic (exact) mass is 303 g/mol. The molecule has 0 radical (unpaired) electrons. The molecule has 0 aliphatic carbocycles. The number of nitrogens with zero attached hydrogens (tertiary/aromatic N) is 2. The Morgan fingerprint density at radius 3 is 2.50 bits per heavy atom. The summed E-state index contributed by atoms with van der Waals surface area (Å²) in [4.78, 5) is 16.7. The summed E-state index contributed by atoms with van der Waals surface area (Å²) in [7, 11) is 0. The van der Waals surface area contributed by atoms with Crippen LogP contribution in [0, 0.1) is 0 Å². The van der Waals surface area contributed by atoms with Gasteiger partial charge in [-0.25, -0.2) is 0 Å². The molecule has 0 spiro atoms. The minimum absolute atomic E-state index is 0.119. The number of amides is 1. The average molecular weight is 303 g/mol. The number of anilines is 1. The van der Waals surface area contributed by atoms with E-state index in [1.165, 1.54) is 0 Å². The van der Waals surface area contributed by atoms with Crippen LogP contribution >= 0.6 is 0 Å². The van der Waals surface area contributed by atoms with E-state index in [2.05, 4.69) is 17.1 Å². The molecule has 2 saturated heterocycles. The first-order valence-electron chi connectivity index (χ1n) is 8.19. The van der Waals surface area contributed by atoms with E-state index in [1.54, 1.807) is 0 Å². The van der Waals surface area contributed by atoms with E-state index < -0.39 is 0 Å². The van der Waals surface area contributed by atoms with Crippen LogP contribution in [0.5, 0.6) is 0 Å². The fraction of sp³-hybridized carbons (Fsp3) is 0.588. The third-order valence-electron chi connectivity index (χ3n) is 4.60. The molecule has 3 rings (SSSR count). The van der Waals surface area contributed by atoms with Crippen LogP contribution < -0.4 is 10.2 Å². The van der Waals surface area contributed by atoms with Gasteiger partial charge >= 0.3 is 0 Å². The number of carbonyl (C=O) groups excluding carboxylic acids is 1. The number of nitrogens with one attached hydrogen (secondary N) is 1. The van der Waals surface area contributed by atoms with Crippen LogP contribution in [0.4, 0.5) is 5.69 Å². The SMILES string of the molecule is CC1CN(C(=O)c2ccc(N3CCC(O)CC3)cc2)CCN1. The van der Waals surface area contributed by atoms with Crippen molar-refractivity contribution in [1.82, 2.24) is 10.2 Å². The molecule has 1 unspecified atom stereocenters. The minimum atomic E-state index is -0.160. The maximum atomic E-state index is 12.5. The Labute approximate surface area is 131 Å². The lowest BCUT2D eigenvalue weighted by atomic mass is 10.1. The second-order valence-electron chi connectivity index (χ2n) is 6.37. The van der Waals surface area contributed by atoms with Crippen LogP contribution in [0.2, 0.25) is 0 Å². The van der Waals surface area contributed by atoms with Crippen molar-refractivity contribution < 1.29 is 9.90 Å². The van der Waals surface area contributed by atoms with Gasteiger partial charge in [0, 0.05) is 50.0 Å². The zero-order valence-corrected chi connectivity index (χ0v) is 13.2. The van der Waals surface area contributed by atoms with Gasteiger partial charge in [0.15, 0.2) is 0 Å². The summed E-state index contributed by atoms with van der Waals surface area (Å²) in [6.07, 6.45) is 1.48. The van der Waals surface area contributed by atoms with Gasteiger partial charge in [-0.3, -0.25) is 4.79 Å². The Balaban J connectivity index is 1.64. The van der Waals surface area contributed by atoms with E-state index in [0.29, 0.717) is 6.04 Å². The van der Waals surface area contributed by atoms with Crippen molar-refractivity contribution in [2.75, 3.05) is 37.6 Å². The number of aliphatic hydroxyl groups is 1. The Morgan fingerprint density at radius 2 is 1.86 bits per heavy atom. The highest BCUT2D eigenvalue weighted by molar-refractivity contribution is 5.94. The Hall–Kier alpha value is -1.59. The van der Waals surface area contributed by atoms with Gasteiger partial charge in [-0.1, -0.05) is 0 Å². The number of aliphatic hydroxyl groups excluding tert-OH is 1. The maximum absolute atomic E-state index is 12.5. The third-order valence-corrected chi connectivity index (χ3v) is 4.60. The highest BCUT2D eigenvalue weighted by Gasteiger charge is 2.22. The molecule has 1 atom stereocenters. The van der Waals surface area contributed by atoms with E-state index >= 15 is 0 Å². The van der Waals surface area contributed by atoms with Crippen LogP contribution in [-0.4, -0.2) is 60.8 Å². The highest BCUT2D eigenvalue weighted by atomic mass is 16.3. The topological polar surface area (TPSA) is 55.8 Å². The molecule has 2 aliphatic heterocycles. The fourth-order valence-corrected chi connectivity index (χ4v) is 3.24. The molecule has 2 heterocycles. The zero-order chi connectivity index (χ0) is 15.5. The number of hydrogen-bond donors (Lipinski definition) is 2. The van der Waals surface area contributed by atoms with Gasteiger partial charge in [0.25, 0.3) is 5.91 Å². The summed E-state index contributed by atoms with van der Waals surface area (Å²) in [5, 5.41) is 12.9. The van der Waals surface area contributed by atoms with Crippen LogP contribution in [0.1, 0.15) is 30.1 Å². The number of piperidine rings is 1. The van der Waals surface area contributed by atoms with Crippen molar-refractivity contribution in [2.24, 2.45) is 0 Å². The summed E-state index contributed by atoms with van der Waals surface area (Å²) in [5.74, 6) is 0.119. The summed E-state index contributed by atoms with van der Waals surface area (Å²) in [6.45, 7) is 6.27. The molecule has 2 fully saturated rings. The van der Waals surface area contributed by atoms with Crippen LogP contribution in [-0.2, 0) is 0 Å². The smallest absolute Gasteiger partial charge is 0.253 e. The van der Waals surface area contributed by atoms with E-state index in [4.69, 9.17) is 0 Å². The third kappa shape index (κ3) is 3.42. The van der Waals surface area contributed by atoms with Crippen molar-refractivity contribution in [3.05, 3.63) is 29.8 Å². The first kappa shape index (κ1) is 15.3. The molecule has 5 nitrogen and oxygen atoms in total. The predicted octanol–water partition coefficient (Wildman–Crippen LogP) is 1.08. The number of carbonyl (C=O) groups is 1. The van der Waals surface area contributed by atoms with Crippen LogP contribution in [0.3, 0.4) is 0 Å². The molecule has 0 bridgehead atoms. The van der Waals surface area contributed by atoms with Crippen molar-refractivity contribution in [2.45, 2.75) is 31.9 Å². The summed E-state index contributed by atoms with van der Waals surface area (Å²) >= 11 is 0. The lowest BCUT2D eigenvalue weighted by Gasteiger charge is -2.33. The largest absolute Gasteiger partial charge is 0.393 e. The van der Waals surface area contributed by atoms with Crippen molar-refractivity contribution >= 4 is 11.6 Å². The molecule has 1 aromatic rings. The summed E-state index contributed by atoms with van der Waals surface area (Å²) < 4.78 is 0. The molecule has 2 N–H and O–H groups in total. The van der Waals surface area contributed by atoms with E-state index in [9.17, 15) is 9.90 Å². The van der Waals surface area contributed by atoms with Crippen LogP contribution in [0.15, 0.2) is 24.3 Å². The molecule has 5 heteroatoms. The fourth-order valence-electron chi connectivity index (χ4n) is 3.24. The lowest BCUT2D eigenvalue weighted by molar-refractivity contribution is 0.0709. The molecule has 120 valence electrons. The molecule has 0 saturated carbocycles. The second kappa shape index (κ2) is 6.67. The van der Waals surface area contributed by atoms with Gasteiger partial charge in [-0.2, -0.15) is 0 Å². The number of hydrogen-bond acceptors (Lipinski definition) is 4.